The lowest BCUT2D eigenvalue weighted by molar-refractivity contribution is -0.296. The molecule has 0 radical (unpaired) electrons. The van der Waals surface area contributed by atoms with Gasteiger partial charge in [-0.3, -0.25) is 9.59 Å². The Kier molecular flexibility index (Phi) is 7.64. The number of aliphatic hydroxyl groups is 6. The van der Waals surface area contributed by atoms with E-state index in [2.05, 4.69) is 0 Å². The second-order valence-corrected chi connectivity index (χ2v) is 13.3. The summed E-state index contributed by atoms with van der Waals surface area (Å²) in [6, 6.07) is 0. The molecule has 0 aromatic carbocycles. The van der Waals surface area contributed by atoms with Gasteiger partial charge in [0, 0.05) is 24.7 Å². The van der Waals surface area contributed by atoms with Crippen LogP contribution in [0, 0.1) is 28.6 Å². The van der Waals surface area contributed by atoms with E-state index in [1.54, 1.807) is 13.8 Å². The van der Waals surface area contributed by atoms with E-state index in [0.717, 1.165) is 14.0 Å². The van der Waals surface area contributed by atoms with Crippen LogP contribution in [-0.4, -0.2) is 135 Å². The average molecular weight is 643 g/mol. The second-order valence-electron chi connectivity index (χ2n) is 13.3. The molecule has 15 atom stereocenters. The number of carbonyl (C=O) groups is 4. The van der Waals surface area contributed by atoms with Gasteiger partial charge in [0.25, 0.3) is 0 Å². The van der Waals surface area contributed by atoms with Gasteiger partial charge >= 0.3 is 17.9 Å². The number of Topliss-reactive ketones (excluding diaryl/α,β-unsaturated/α-hetero) is 1. The SMILES string of the molecule is COC(=O)[C@@]12OC[C@]34C([C@@H](O)C1O)[C@@]1(C)CC(=O)C(O[C@@H]5O[C@H](CO)[C@@H](O)[C@@H](O)[C@H]5O)=C(C)C1C[C@H]3OC(=O)[C@H](OC(C)=O)[C@H]42. The fourth-order valence-electron chi connectivity index (χ4n) is 9.46. The maximum Gasteiger partial charge on any atom is 0.348 e. The van der Waals surface area contributed by atoms with Crippen molar-refractivity contribution >= 4 is 23.7 Å². The summed E-state index contributed by atoms with van der Waals surface area (Å²) in [6.07, 6.45) is -14.7. The molecule has 6 aliphatic rings. The Hall–Kier alpha value is -2.70. The zero-order valence-corrected chi connectivity index (χ0v) is 25.0. The average Bonchev–Trinajstić information content (AvgIpc) is 3.29. The van der Waals surface area contributed by atoms with E-state index in [9.17, 15) is 49.8 Å². The minimum absolute atomic E-state index is 0.0477. The fourth-order valence-corrected chi connectivity index (χ4v) is 9.46. The van der Waals surface area contributed by atoms with Crippen LogP contribution in [0.4, 0.5) is 0 Å². The number of carbonyl (C=O) groups excluding carboxylic acids is 4. The molecule has 5 fully saturated rings. The van der Waals surface area contributed by atoms with Crippen LogP contribution in [0.1, 0.15) is 33.6 Å². The maximum absolute atomic E-state index is 13.8. The van der Waals surface area contributed by atoms with E-state index in [0.29, 0.717) is 5.57 Å². The number of ketones is 1. The third-order valence-electron chi connectivity index (χ3n) is 11.2. The molecule has 0 amide bonds. The van der Waals surface area contributed by atoms with Crippen molar-refractivity contribution in [2.24, 2.45) is 28.6 Å². The summed E-state index contributed by atoms with van der Waals surface area (Å²) in [4.78, 5) is 52.8. The van der Waals surface area contributed by atoms with Gasteiger partial charge in [0.15, 0.2) is 11.5 Å². The molecule has 2 saturated carbocycles. The third kappa shape index (κ3) is 4.06. The first kappa shape index (κ1) is 32.2. The van der Waals surface area contributed by atoms with Crippen molar-refractivity contribution in [2.75, 3.05) is 20.3 Å². The molecule has 3 aliphatic carbocycles. The number of esters is 3. The zero-order valence-electron chi connectivity index (χ0n) is 25.0. The number of aliphatic hydroxyl groups excluding tert-OH is 6. The number of methoxy groups -OCH3 is 1. The van der Waals surface area contributed by atoms with Gasteiger partial charge in [0.1, 0.15) is 36.6 Å². The number of rotatable bonds is 5. The van der Waals surface area contributed by atoms with Crippen molar-refractivity contribution < 1.29 is 78.2 Å². The smallest absolute Gasteiger partial charge is 0.348 e. The number of allylic oxidation sites excluding steroid dienone is 2. The molecule has 250 valence electrons. The second kappa shape index (κ2) is 10.7. The van der Waals surface area contributed by atoms with Crippen LogP contribution >= 0.6 is 0 Å². The monoisotopic (exact) mass is 642 g/mol. The van der Waals surface area contributed by atoms with Crippen molar-refractivity contribution in [2.45, 2.75) is 94.3 Å². The summed E-state index contributed by atoms with van der Waals surface area (Å²) in [5, 5.41) is 63.9. The lowest BCUT2D eigenvalue weighted by Gasteiger charge is -2.67. The largest absolute Gasteiger partial charge is 0.467 e. The highest BCUT2D eigenvalue weighted by atomic mass is 16.7. The Morgan fingerprint density at radius 2 is 1.71 bits per heavy atom. The van der Waals surface area contributed by atoms with E-state index in [1.807, 2.05) is 0 Å². The third-order valence-corrected chi connectivity index (χ3v) is 11.2. The molecule has 3 unspecified atom stereocenters. The highest BCUT2D eigenvalue weighted by molar-refractivity contribution is 5.96. The fraction of sp³-hybridized carbons (Fsp3) is 0.793. The van der Waals surface area contributed by atoms with Gasteiger partial charge in [-0.1, -0.05) is 6.92 Å². The van der Waals surface area contributed by atoms with Gasteiger partial charge < -0.3 is 59.1 Å². The first-order valence-corrected chi connectivity index (χ1v) is 14.8. The predicted molar refractivity (Wildman–Crippen MR) is 141 cm³/mol. The summed E-state index contributed by atoms with van der Waals surface area (Å²) in [5.41, 5.74) is -4.52. The molecule has 2 bridgehead atoms. The highest BCUT2D eigenvalue weighted by Gasteiger charge is 2.85. The summed E-state index contributed by atoms with van der Waals surface area (Å²) < 4.78 is 33.6. The van der Waals surface area contributed by atoms with Crippen molar-refractivity contribution in [3.8, 4) is 0 Å². The van der Waals surface area contributed by atoms with Gasteiger partial charge in [-0.2, -0.15) is 0 Å². The van der Waals surface area contributed by atoms with Crippen molar-refractivity contribution in [3.05, 3.63) is 11.3 Å². The Balaban J connectivity index is 1.45. The van der Waals surface area contributed by atoms with Gasteiger partial charge in [0.05, 0.1) is 32.3 Å². The van der Waals surface area contributed by atoms with E-state index in [4.69, 9.17) is 28.4 Å². The molecule has 6 rings (SSSR count). The molecule has 3 aliphatic heterocycles. The highest BCUT2D eigenvalue weighted by Crippen LogP contribution is 2.73. The number of ether oxygens (including phenoxy) is 6. The molecule has 1 spiro atoms. The number of hydrogen-bond donors (Lipinski definition) is 6. The van der Waals surface area contributed by atoms with E-state index >= 15 is 0 Å². The first-order chi connectivity index (χ1) is 21.1. The molecule has 45 heavy (non-hydrogen) atoms. The Labute approximate surface area is 256 Å². The molecule has 3 saturated heterocycles. The van der Waals surface area contributed by atoms with Gasteiger partial charge in [0.2, 0.25) is 18.0 Å². The lowest BCUT2D eigenvalue weighted by Crippen LogP contribution is -2.79. The van der Waals surface area contributed by atoms with Gasteiger partial charge in [-0.15, -0.1) is 0 Å². The quantitative estimate of drug-likeness (QED) is 0.128. The van der Waals surface area contributed by atoms with Crippen LogP contribution in [0.25, 0.3) is 0 Å². The first-order valence-electron chi connectivity index (χ1n) is 14.8. The number of fused-ring (bicyclic) bond motifs is 2. The summed E-state index contributed by atoms with van der Waals surface area (Å²) in [6.45, 7) is 3.37. The zero-order chi connectivity index (χ0) is 33.0. The normalized spacial score (nSPS) is 50.3. The topological polar surface area (TPSA) is 245 Å². The van der Waals surface area contributed by atoms with Crippen LogP contribution in [0.3, 0.4) is 0 Å². The van der Waals surface area contributed by atoms with Crippen LogP contribution in [0.2, 0.25) is 0 Å². The Morgan fingerprint density at radius 3 is 2.33 bits per heavy atom. The molecule has 16 heteroatoms. The van der Waals surface area contributed by atoms with Crippen molar-refractivity contribution in [3.63, 3.8) is 0 Å². The van der Waals surface area contributed by atoms with Crippen LogP contribution in [-0.2, 0) is 47.6 Å². The van der Waals surface area contributed by atoms with Crippen LogP contribution in [0.15, 0.2) is 11.3 Å². The predicted octanol–water partition coefficient (Wildman–Crippen LogP) is -3.17. The summed E-state index contributed by atoms with van der Waals surface area (Å²) in [5.74, 6) is -6.73. The standard InChI is InChI=1S/C29H38O16/c1-9-11-5-14-28-8-41-29(26(39)40-4,22(28)20(24(38)44-14)42-10(2)31)23(37)18(36)21(28)27(11,3)6-12(32)19(9)45-25-17(35)16(34)15(33)13(7-30)43-25/h11,13-18,20-23,25,30,33-37H,5-8H2,1-4H3/t11?,13-,14-,15-,16-,17-,18-,20-,21?,22-,23?,25+,27+,28-,29+/m1/s1. The van der Waals surface area contributed by atoms with E-state index in [-0.39, 0.29) is 25.2 Å². The molecule has 16 nitrogen and oxygen atoms in total. The van der Waals surface area contributed by atoms with Crippen molar-refractivity contribution in [1.82, 2.24) is 0 Å². The summed E-state index contributed by atoms with van der Waals surface area (Å²) >= 11 is 0. The minimum Gasteiger partial charge on any atom is -0.467 e. The molecule has 0 aromatic heterocycles. The minimum atomic E-state index is -2.29. The molecular weight excluding hydrogens is 604 g/mol. The Morgan fingerprint density at radius 1 is 1.02 bits per heavy atom. The lowest BCUT2D eigenvalue weighted by atomic mass is 9.38. The van der Waals surface area contributed by atoms with Crippen molar-refractivity contribution in [1.29, 1.82) is 0 Å². The Bertz CT molecular complexity index is 1330. The number of hydrogen-bond acceptors (Lipinski definition) is 16. The van der Waals surface area contributed by atoms with Crippen LogP contribution < -0.4 is 0 Å². The van der Waals surface area contributed by atoms with E-state index in [1.165, 1.54) is 0 Å². The molecular formula is C29H38O16. The summed E-state index contributed by atoms with van der Waals surface area (Å²) in [7, 11) is 1.05. The molecule has 6 N–H and O–H groups in total. The maximum atomic E-state index is 13.8. The molecule has 0 aromatic rings. The van der Waals surface area contributed by atoms with Gasteiger partial charge in [-0.25, -0.2) is 9.59 Å². The van der Waals surface area contributed by atoms with Crippen LogP contribution in [0.5, 0.6) is 0 Å². The van der Waals surface area contributed by atoms with Gasteiger partial charge in [-0.05, 0) is 30.3 Å². The molecule has 3 heterocycles. The van der Waals surface area contributed by atoms with E-state index < -0.39 is 120 Å².